The molecule has 1 aliphatic heterocycles. The summed E-state index contributed by atoms with van der Waals surface area (Å²) in [4.78, 5) is 3.96. The van der Waals surface area contributed by atoms with Crippen LogP contribution in [-0.2, 0) is 23.2 Å². The molecule has 0 bridgehead atoms. The first-order valence-electron chi connectivity index (χ1n) is 9.72. The summed E-state index contributed by atoms with van der Waals surface area (Å²) in [6.45, 7) is 0.239. The Kier molecular flexibility index (Phi) is 5.95. The van der Waals surface area contributed by atoms with Crippen LogP contribution in [0.5, 0.6) is 0 Å². The molecule has 1 fully saturated rings. The Bertz CT molecular complexity index is 1220. The van der Waals surface area contributed by atoms with Crippen molar-refractivity contribution in [2.45, 2.75) is 23.2 Å². The van der Waals surface area contributed by atoms with E-state index in [4.69, 9.17) is 11.6 Å². The predicted molar refractivity (Wildman–Crippen MR) is 115 cm³/mol. The number of sulfonamides is 1. The highest BCUT2D eigenvalue weighted by molar-refractivity contribution is 7.89. The van der Waals surface area contributed by atoms with E-state index >= 15 is 0 Å². The minimum Gasteiger partial charge on any atom is -0.380 e. The second-order valence-electron chi connectivity index (χ2n) is 7.66. The van der Waals surface area contributed by atoms with Gasteiger partial charge in [0.15, 0.2) is 5.03 Å². The number of benzene rings is 2. The third-order valence-electron chi connectivity index (χ3n) is 5.42. The molecule has 2 aromatic carbocycles. The number of aromatic nitrogens is 2. The van der Waals surface area contributed by atoms with Crippen LogP contribution in [0.15, 0.2) is 66.1 Å². The lowest BCUT2D eigenvalue weighted by atomic mass is 9.94. The fourth-order valence-electron chi connectivity index (χ4n) is 3.85. The number of hydrogen-bond acceptors (Lipinski definition) is 4. The molecule has 2 atom stereocenters. The van der Waals surface area contributed by atoms with E-state index in [0.717, 1.165) is 11.6 Å². The quantitative estimate of drug-likeness (QED) is 0.584. The molecule has 2 heterocycles. The lowest BCUT2D eigenvalue weighted by Crippen LogP contribution is -2.32. The minimum absolute atomic E-state index is 0.0710. The molecule has 1 aromatic heterocycles. The Labute approximate surface area is 188 Å². The Hall–Kier alpha value is -2.56. The second kappa shape index (κ2) is 8.42. The van der Waals surface area contributed by atoms with Crippen molar-refractivity contribution in [1.82, 2.24) is 13.9 Å². The van der Waals surface area contributed by atoms with Gasteiger partial charge in [0.1, 0.15) is 0 Å². The van der Waals surface area contributed by atoms with E-state index in [1.165, 1.54) is 29.0 Å². The molecule has 0 aliphatic carbocycles. The molecule has 6 nitrogen and oxygen atoms in total. The van der Waals surface area contributed by atoms with Crippen LogP contribution in [0.25, 0.3) is 0 Å². The molecule has 0 saturated carbocycles. The first-order chi connectivity index (χ1) is 15.1. The summed E-state index contributed by atoms with van der Waals surface area (Å²) in [6.07, 6.45) is -1.78. The van der Waals surface area contributed by atoms with Gasteiger partial charge in [-0.3, -0.25) is 0 Å². The van der Waals surface area contributed by atoms with Gasteiger partial charge in [0.25, 0.3) is 10.0 Å². The van der Waals surface area contributed by atoms with E-state index < -0.39 is 32.8 Å². The van der Waals surface area contributed by atoms with Crippen molar-refractivity contribution < 1.29 is 21.6 Å². The van der Waals surface area contributed by atoms with Crippen LogP contribution in [0, 0.1) is 0 Å². The number of nitrogens with one attached hydrogen (secondary N) is 1. The van der Waals surface area contributed by atoms with E-state index in [-0.39, 0.29) is 29.7 Å². The lowest BCUT2D eigenvalue weighted by molar-refractivity contribution is -0.137. The maximum absolute atomic E-state index is 13.3. The molecule has 1 saturated heterocycles. The number of rotatable bonds is 5. The third-order valence-corrected chi connectivity index (χ3v) is 7.47. The molecule has 0 radical (unpaired) electrons. The summed E-state index contributed by atoms with van der Waals surface area (Å²) < 4.78 is 68.9. The van der Waals surface area contributed by atoms with E-state index in [0.29, 0.717) is 0 Å². The summed E-state index contributed by atoms with van der Waals surface area (Å²) in [6, 6.07) is 12.4. The molecule has 0 unspecified atom stereocenters. The molecule has 0 amide bonds. The van der Waals surface area contributed by atoms with Crippen molar-refractivity contribution in [3.63, 3.8) is 0 Å². The third kappa shape index (κ3) is 4.48. The monoisotopic (exact) mass is 484 g/mol. The van der Waals surface area contributed by atoms with Gasteiger partial charge in [-0.2, -0.15) is 17.5 Å². The standard InChI is InChI=1S/C21H20ClF3N4O2S/c1-28-12-20(26-13-28)32(30,31)29-10-16(14-5-3-2-4-6-14)19(11-29)27-15-7-8-18(22)17(9-15)21(23,24)25/h2-9,12-13,16,19,27H,10-11H2,1H3/t16-,19+/m0/s1. The predicted octanol–water partition coefficient (Wildman–Crippen LogP) is 4.36. The molecule has 170 valence electrons. The average Bonchev–Trinajstić information content (AvgIpc) is 3.36. The highest BCUT2D eigenvalue weighted by atomic mass is 35.5. The molecule has 3 aromatic rings. The second-order valence-corrected chi connectivity index (χ2v) is 9.95. The Morgan fingerprint density at radius 1 is 1.12 bits per heavy atom. The molecule has 0 spiro atoms. The van der Waals surface area contributed by atoms with Gasteiger partial charge in [-0.05, 0) is 23.8 Å². The van der Waals surface area contributed by atoms with Crippen LogP contribution in [0.2, 0.25) is 5.02 Å². The summed E-state index contributed by atoms with van der Waals surface area (Å²) in [7, 11) is -2.19. The summed E-state index contributed by atoms with van der Waals surface area (Å²) in [5, 5.41) is 2.63. The highest BCUT2D eigenvalue weighted by Gasteiger charge is 2.41. The molecule has 1 aliphatic rings. The zero-order valence-electron chi connectivity index (χ0n) is 16.9. The number of imidazole rings is 1. The molecule has 1 N–H and O–H groups in total. The average molecular weight is 485 g/mol. The van der Waals surface area contributed by atoms with Gasteiger partial charge in [0.2, 0.25) is 0 Å². The zero-order chi connectivity index (χ0) is 23.1. The molecule has 11 heteroatoms. The topological polar surface area (TPSA) is 67.2 Å². The maximum atomic E-state index is 13.3. The van der Waals surface area contributed by atoms with Crippen LogP contribution >= 0.6 is 11.6 Å². The number of aryl methyl sites for hydroxylation is 1. The SMILES string of the molecule is Cn1cnc(S(=O)(=O)N2C[C@@H](Nc3ccc(Cl)c(C(F)(F)F)c3)[C@H](c3ccccc3)C2)c1. The van der Waals surface area contributed by atoms with Crippen LogP contribution in [0.4, 0.5) is 18.9 Å². The van der Waals surface area contributed by atoms with Crippen LogP contribution < -0.4 is 5.32 Å². The normalized spacial score (nSPS) is 19.9. The van der Waals surface area contributed by atoms with Crippen LogP contribution in [0.3, 0.4) is 0 Å². The smallest absolute Gasteiger partial charge is 0.380 e. The van der Waals surface area contributed by atoms with Gasteiger partial charge in [-0.15, -0.1) is 0 Å². The molecular formula is C21H20ClF3N4O2S. The van der Waals surface area contributed by atoms with Gasteiger partial charge < -0.3 is 9.88 Å². The number of alkyl halides is 3. The Morgan fingerprint density at radius 3 is 2.47 bits per heavy atom. The van der Waals surface area contributed by atoms with Crippen LogP contribution in [-0.4, -0.2) is 41.4 Å². The maximum Gasteiger partial charge on any atom is 0.417 e. The fourth-order valence-corrected chi connectivity index (χ4v) is 5.53. The van der Waals surface area contributed by atoms with Gasteiger partial charge >= 0.3 is 6.18 Å². The number of halogens is 4. The fraction of sp³-hybridized carbons (Fsp3) is 0.286. The van der Waals surface area contributed by atoms with Crippen molar-refractivity contribution >= 4 is 27.3 Å². The largest absolute Gasteiger partial charge is 0.417 e. The van der Waals surface area contributed by atoms with Crippen molar-refractivity contribution in [2.24, 2.45) is 7.05 Å². The van der Waals surface area contributed by atoms with Crippen molar-refractivity contribution in [2.75, 3.05) is 18.4 Å². The number of nitrogens with zero attached hydrogens (tertiary/aromatic N) is 3. The van der Waals surface area contributed by atoms with E-state index in [1.807, 2.05) is 30.3 Å². The van der Waals surface area contributed by atoms with Crippen LogP contribution in [0.1, 0.15) is 17.0 Å². The van der Waals surface area contributed by atoms with Gasteiger partial charge in [-0.25, -0.2) is 13.4 Å². The van der Waals surface area contributed by atoms with Crippen molar-refractivity contribution in [3.05, 3.63) is 77.2 Å². The van der Waals surface area contributed by atoms with Gasteiger partial charge in [0, 0.05) is 44.0 Å². The van der Waals surface area contributed by atoms with E-state index in [1.54, 1.807) is 11.6 Å². The van der Waals surface area contributed by atoms with E-state index in [2.05, 4.69) is 10.3 Å². The minimum atomic E-state index is -4.60. The van der Waals surface area contributed by atoms with Gasteiger partial charge in [0.05, 0.1) is 16.9 Å². The van der Waals surface area contributed by atoms with Crippen molar-refractivity contribution in [3.8, 4) is 0 Å². The zero-order valence-corrected chi connectivity index (χ0v) is 18.5. The van der Waals surface area contributed by atoms with Gasteiger partial charge in [-0.1, -0.05) is 41.9 Å². The van der Waals surface area contributed by atoms with Crippen molar-refractivity contribution in [1.29, 1.82) is 0 Å². The molecule has 4 rings (SSSR count). The Morgan fingerprint density at radius 2 is 1.84 bits per heavy atom. The molecule has 32 heavy (non-hydrogen) atoms. The Balaban J connectivity index is 1.66. The first kappa shape index (κ1) is 22.6. The van der Waals surface area contributed by atoms with E-state index in [9.17, 15) is 21.6 Å². The highest BCUT2D eigenvalue weighted by Crippen LogP contribution is 2.38. The number of anilines is 1. The first-order valence-corrected chi connectivity index (χ1v) is 11.5. The summed E-state index contributed by atoms with van der Waals surface area (Å²) in [5.74, 6) is -0.278. The summed E-state index contributed by atoms with van der Waals surface area (Å²) in [5.41, 5.74) is 0.148. The number of hydrogen-bond donors (Lipinski definition) is 1. The lowest BCUT2D eigenvalue weighted by Gasteiger charge is -2.22. The summed E-state index contributed by atoms with van der Waals surface area (Å²) >= 11 is 5.73. The molecular weight excluding hydrogens is 465 g/mol.